The molecule has 4 nitrogen and oxygen atoms in total. The summed E-state index contributed by atoms with van der Waals surface area (Å²) in [6, 6.07) is 7.11. The van der Waals surface area contributed by atoms with Crippen molar-refractivity contribution in [2.45, 2.75) is 13.3 Å². The number of terminal acetylenes is 1. The highest BCUT2D eigenvalue weighted by Gasteiger charge is 2.19. The lowest BCUT2D eigenvalue weighted by molar-refractivity contribution is 0.0977. The summed E-state index contributed by atoms with van der Waals surface area (Å²) in [7, 11) is 0. The fourth-order valence-electron chi connectivity index (χ4n) is 2.83. The van der Waals surface area contributed by atoms with Crippen LogP contribution in [0.2, 0.25) is 0 Å². The van der Waals surface area contributed by atoms with Gasteiger partial charge in [-0.3, -0.25) is 20.5 Å². The smallest absolute Gasteiger partial charge is 0.257 e. The number of carbonyl (C=O) groups is 1. The number of hydrogen-bond acceptors (Lipinski definition) is 3. The van der Waals surface area contributed by atoms with E-state index in [1.807, 2.05) is 12.8 Å². The van der Waals surface area contributed by atoms with Gasteiger partial charge < -0.3 is 0 Å². The standard InChI is InChI=1S/C21H14F3N3O/c1-3-13-10-15(20-16(23)8-12(22)9-17(20)24)14-7-11(5-6-18(14)26-13)21(28)27-19(25)4-2/h2,5-10H,3H2,1H3,(H2,25,27,28). The number of amidine groups is 1. The molecule has 3 rings (SSSR count). The molecule has 140 valence electrons. The van der Waals surface area contributed by atoms with Crippen molar-refractivity contribution in [2.75, 3.05) is 0 Å². The van der Waals surface area contributed by atoms with Gasteiger partial charge in [-0.1, -0.05) is 6.92 Å². The second-order valence-corrected chi connectivity index (χ2v) is 5.96. The number of benzene rings is 2. The van der Waals surface area contributed by atoms with Gasteiger partial charge in [-0.15, -0.1) is 6.42 Å². The molecule has 0 saturated carbocycles. The summed E-state index contributed by atoms with van der Waals surface area (Å²) in [6.45, 7) is 1.84. The molecule has 2 aromatic carbocycles. The Labute approximate surface area is 158 Å². The normalized spacial score (nSPS) is 10.5. The van der Waals surface area contributed by atoms with Crippen molar-refractivity contribution in [1.82, 2.24) is 10.3 Å². The van der Waals surface area contributed by atoms with Gasteiger partial charge in [0.25, 0.3) is 5.91 Å². The largest absolute Gasteiger partial charge is 0.300 e. The van der Waals surface area contributed by atoms with E-state index in [4.69, 9.17) is 11.8 Å². The van der Waals surface area contributed by atoms with Gasteiger partial charge in [0, 0.05) is 28.8 Å². The Morgan fingerprint density at radius 2 is 1.86 bits per heavy atom. The van der Waals surface area contributed by atoms with Crippen LogP contribution in [0.15, 0.2) is 36.4 Å². The van der Waals surface area contributed by atoms with Gasteiger partial charge in [0.15, 0.2) is 5.84 Å². The van der Waals surface area contributed by atoms with E-state index in [0.717, 1.165) is 0 Å². The van der Waals surface area contributed by atoms with Crippen LogP contribution in [0.5, 0.6) is 0 Å². The SMILES string of the molecule is C#CC(=N)NC(=O)c1ccc2nc(CC)cc(-c3c(F)cc(F)cc3F)c2c1. The molecule has 1 aromatic heterocycles. The molecule has 0 aliphatic rings. The predicted octanol–water partition coefficient (Wildman–Crippen LogP) is 4.22. The first kappa shape index (κ1) is 19.1. The van der Waals surface area contributed by atoms with Crippen LogP contribution in [-0.4, -0.2) is 16.7 Å². The minimum absolute atomic E-state index is 0.128. The number of halogens is 3. The van der Waals surface area contributed by atoms with Crippen molar-refractivity contribution >= 4 is 22.6 Å². The molecular weight excluding hydrogens is 367 g/mol. The van der Waals surface area contributed by atoms with E-state index in [0.29, 0.717) is 35.2 Å². The zero-order valence-electron chi connectivity index (χ0n) is 14.7. The average Bonchev–Trinajstić information content (AvgIpc) is 2.66. The van der Waals surface area contributed by atoms with Crippen molar-refractivity contribution < 1.29 is 18.0 Å². The number of amides is 1. The third-order valence-electron chi connectivity index (χ3n) is 4.15. The van der Waals surface area contributed by atoms with Crippen molar-refractivity contribution in [3.63, 3.8) is 0 Å². The number of aryl methyl sites for hydroxylation is 1. The van der Waals surface area contributed by atoms with Gasteiger partial charge in [0.2, 0.25) is 0 Å². The Morgan fingerprint density at radius 3 is 2.46 bits per heavy atom. The maximum Gasteiger partial charge on any atom is 0.257 e. The molecule has 0 unspecified atom stereocenters. The summed E-state index contributed by atoms with van der Waals surface area (Å²) in [5.41, 5.74) is 0.872. The van der Waals surface area contributed by atoms with Crippen molar-refractivity contribution in [1.29, 1.82) is 5.41 Å². The van der Waals surface area contributed by atoms with E-state index >= 15 is 0 Å². The van der Waals surface area contributed by atoms with Crippen LogP contribution < -0.4 is 5.32 Å². The lowest BCUT2D eigenvalue weighted by Gasteiger charge is -2.12. The topological polar surface area (TPSA) is 65.8 Å². The monoisotopic (exact) mass is 381 g/mol. The van der Waals surface area contributed by atoms with Crippen LogP contribution >= 0.6 is 0 Å². The van der Waals surface area contributed by atoms with E-state index in [1.54, 1.807) is 0 Å². The van der Waals surface area contributed by atoms with Crippen LogP contribution in [0.4, 0.5) is 13.2 Å². The number of nitrogens with one attached hydrogen (secondary N) is 2. The number of fused-ring (bicyclic) bond motifs is 1. The average molecular weight is 381 g/mol. The molecular formula is C21H14F3N3O. The van der Waals surface area contributed by atoms with Crippen molar-refractivity contribution in [3.05, 3.63) is 65.1 Å². The number of carbonyl (C=O) groups excluding carboxylic acids is 1. The summed E-state index contributed by atoms with van der Waals surface area (Å²) in [5, 5.41) is 9.89. The van der Waals surface area contributed by atoms with E-state index in [9.17, 15) is 18.0 Å². The lowest BCUT2D eigenvalue weighted by atomic mass is 9.97. The third-order valence-corrected chi connectivity index (χ3v) is 4.15. The molecule has 7 heteroatoms. The van der Waals surface area contributed by atoms with Crippen LogP contribution in [0, 0.1) is 35.2 Å². The molecule has 1 heterocycles. The highest BCUT2D eigenvalue weighted by Crippen LogP contribution is 2.33. The van der Waals surface area contributed by atoms with Crippen LogP contribution in [0.3, 0.4) is 0 Å². The molecule has 0 aliphatic carbocycles. The first-order valence-electron chi connectivity index (χ1n) is 8.29. The van der Waals surface area contributed by atoms with E-state index in [-0.39, 0.29) is 11.1 Å². The van der Waals surface area contributed by atoms with E-state index in [1.165, 1.54) is 24.3 Å². The highest BCUT2D eigenvalue weighted by atomic mass is 19.1. The van der Waals surface area contributed by atoms with E-state index < -0.39 is 34.8 Å². The van der Waals surface area contributed by atoms with Gasteiger partial charge in [0.05, 0.1) is 11.1 Å². The Balaban J connectivity index is 2.26. The van der Waals surface area contributed by atoms with Crippen molar-refractivity contribution in [2.24, 2.45) is 0 Å². The quantitative estimate of drug-likeness (QED) is 0.405. The fourth-order valence-corrected chi connectivity index (χ4v) is 2.83. The van der Waals surface area contributed by atoms with Gasteiger partial charge in [0.1, 0.15) is 17.5 Å². The van der Waals surface area contributed by atoms with Gasteiger partial charge >= 0.3 is 0 Å². The molecule has 2 N–H and O–H groups in total. The number of rotatable bonds is 3. The Kier molecular flexibility index (Phi) is 5.14. The van der Waals surface area contributed by atoms with E-state index in [2.05, 4.69) is 10.3 Å². The summed E-state index contributed by atoms with van der Waals surface area (Å²) in [6.07, 6.45) is 5.56. The molecule has 0 fully saturated rings. The molecule has 28 heavy (non-hydrogen) atoms. The van der Waals surface area contributed by atoms with Gasteiger partial charge in [-0.25, -0.2) is 13.2 Å². The second kappa shape index (κ2) is 7.53. The van der Waals surface area contributed by atoms with Gasteiger partial charge in [-0.2, -0.15) is 0 Å². The minimum Gasteiger partial charge on any atom is -0.300 e. The molecule has 0 bridgehead atoms. The summed E-state index contributed by atoms with van der Waals surface area (Å²) < 4.78 is 42.1. The predicted molar refractivity (Wildman–Crippen MR) is 100 cm³/mol. The lowest BCUT2D eigenvalue weighted by Crippen LogP contribution is -2.28. The Morgan fingerprint density at radius 1 is 1.18 bits per heavy atom. The first-order valence-corrected chi connectivity index (χ1v) is 8.29. The van der Waals surface area contributed by atoms with Crippen molar-refractivity contribution in [3.8, 4) is 23.5 Å². The minimum atomic E-state index is -1.06. The fraction of sp³-hybridized carbons (Fsp3) is 0.0952. The number of pyridine rings is 1. The Bertz CT molecular complexity index is 1140. The number of aromatic nitrogens is 1. The van der Waals surface area contributed by atoms with Crippen LogP contribution in [0.1, 0.15) is 23.0 Å². The summed E-state index contributed by atoms with van der Waals surface area (Å²) >= 11 is 0. The first-order chi connectivity index (χ1) is 13.3. The number of nitrogens with zero attached hydrogens (tertiary/aromatic N) is 1. The zero-order valence-corrected chi connectivity index (χ0v) is 14.7. The maximum absolute atomic E-state index is 14.4. The summed E-state index contributed by atoms with van der Waals surface area (Å²) in [4.78, 5) is 16.7. The van der Waals surface area contributed by atoms with Crippen LogP contribution in [0.25, 0.3) is 22.0 Å². The Hall–Kier alpha value is -3.66. The molecule has 0 saturated heterocycles. The zero-order chi connectivity index (χ0) is 20.4. The molecule has 0 atom stereocenters. The molecule has 0 aliphatic heterocycles. The molecule has 0 spiro atoms. The molecule has 3 aromatic rings. The molecule has 0 radical (unpaired) electrons. The third kappa shape index (κ3) is 3.58. The van der Waals surface area contributed by atoms with Gasteiger partial charge in [-0.05, 0) is 42.2 Å². The highest BCUT2D eigenvalue weighted by molar-refractivity contribution is 6.12. The molecule has 1 amide bonds. The second-order valence-electron chi connectivity index (χ2n) is 5.96. The number of hydrogen-bond donors (Lipinski definition) is 2. The maximum atomic E-state index is 14.4. The summed E-state index contributed by atoms with van der Waals surface area (Å²) in [5.74, 6) is -2.23. The van der Waals surface area contributed by atoms with Crippen LogP contribution in [-0.2, 0) is 6.42 Å².